The molecule has 1 amide bonds. The maximum Gasteiger partial charge on any atom is 0.416 e. The minimum atomic E-state index is -4.51. The van der Waals surface area contributed by atoms with Crippen LogP contribution in [-0.4, -0.2) is 41.0 Å². The molecule has 1 atom stereocenters. The van der Waals surface area contributed by atoms with Crippen molar-refractivity contribution in [2.45, 2.75) is 32.5 Å². The molecule has 3 aromatic rings. The Labute approximate surface area is 222 Å². The molecule has 0 aliphatic carbocycles. The minimum Gasteiger partial charge on any atom is -0.316 e. The van der Waals surface area contributed by atoms with Gasteiger partial charge in [-0.25, -0.2) is 0 Å². The summed E-state index contributed by atoms with van der Waals surface area (Å²) in [6, 6.07) is 9.10. The number of aromatic nitrogens is 2. The number of amidine groups is 1. The van der Waals surface area contributed by atoms with Crippen LogP contribution in [0.15, 0.2) is 52.5 Å². The van der Waals surface area contributed by atoms with Crippen LogP contribution in [0.4, 0.5) is 13.2 Å². The van der Waals surface area contributed by atoms with E-state index in [1.54, 1.807) is 31.5 Å². The first-order valence-electron chi connectivity index (χ1n) is 11.8. The molecule has 0 bridgehead atoms. The molecule has 1 unspecified atom stereocenters. The van der Waals surface area contributed by atoms with E-state index < -0.39 is 11.7 Å². The van der Waals surface area contributed by atoms with Crippen LogP contribution >= 0.6 is 23.4 Å². The first-order valence-corrected chi connectivity index (χ1v) is 13.0. The monoisotopic (exact) mass is 549 g/mol. The van der Waals surface area contributed by atoms with Crippen molar-refractivity contribution in [3.8, 4) is 0 Å². The number of aliphatic imine (C=N–C) groups is 1. The molecule has 37 heavy (non-hydrogen) atoms. The maximum absolute atomic E-state index is 13.4. The van der Waals surface area contributed by atoms with E-state index in [1.165, 1.54) is 54.5 Å². The summed E-state index contributed by atoms with van der Waals surface area (Å²) >= 11 is 6.99. The molecular weight excluding hydrogens is 523 g/mol. The van der Waals surface area contributed by atoms with Crippen molar-refractivity contribution in [2.24, 2.45) is 10.9 Å². The molecule has 0 spiro atoms. The third kappa shape index (κ3) is 6.94. The zero-order chi connectivity index (χ0) is 26.6. The van der Waals surface area contributed by atoms with E-state index in [0.717, 1.165) is 22.9 Å². The van der Waals surface area contributed by atoms with Gasteiger partial charge in [0.25, 0.3) is 5.91 Å². The topological polar surface area (TPSA) is 71.3 Å². The van der Waals surface area contributed by atoms with Gasteiger partial charge in [-0.2, -0.15) is 18.3 Å². The molecule has 2 fully saturated rings. The summed E-state index contributed by atoms with van der Waals surface area (Å²) in [5.74, 6) is 0.701. The van der Waals surface area contributed by atoms with E-state index in [4.69, 9.17) is 11.6 Å². The zero-order valence-electron chi connectivity index (χ0n) is 20.4. The Morgan fingerprint density at radius 2 is 2.08 bits per heavy atom. The van der Waals surface area contributed by atoms with Gasteiger partial charge >= 0.3 is 6.18 Å². The molecular formula is C26H27ClF3N5OS. The normalized spacial score (nSPS) is 20.3. The second-order valence-electron chi connectivity index (χ2n) is 8.96. The number of hydrogen-bond acceptors (Lipinski definition) is 5. The number of nitrogens with zero attached hydrogens (tertiary/aromatic N) is 3. The Morgan fingerprint density at radius 1 is 1.27 bits per heavy atom. The van der Waals surface area contributed by atoms with Gasteiger partial charge in [0.05, 0.1) is 28.7 Å². The number of thioether (sulfide) groups is 1. The highest BCUT2D eigenvalue weighted by Gasteiger charge is 2.33. The lowest BCUT2D eigenvalue weighted by Crippen LogP contribution is -2.27. The van der Waals surface area contributed by atoms with E-state index >= 15 is 0 Å². The van der Waals surface area contributed by atoms with Gasteiger partial charge in [0, 0.05) is 17.5 Å². The number of benzene rings is 2. The molecule has 3 heterocycles. The molecule has 2 N–H and O–H groups in total. The second-order valence-corrected chi connectivity index (χ2v) is 10.4. The van der Waals surface area contributed by atoms with Gasteiger partial charge in [-0.05, 0) is 85.1 Å². The molecule has 0 radical (unpaired) electrons. The lowest BCUT2D eigenvalue weighted by atomic mass is 10.0. The van der Waals surface area contributed by atoms with Crippen LogP contribution in [0.5, 0.6) is 0 Å². The summed E-state index contributed by atoms with van der Waals surface area (Å²) in [7, 11) is 1.59. The van der Waals surface area contributed by atoms with Gasteiger partial charge in [0.2, 0.25) is 0 Å². The summed E-state index contributed by atoms with van der Waals surface area (Å²) in [6.07, 6.45) is 1.61. The van der Waals surface area contributed by atoms with Crippen molar-refractivity contribution in [1.29, 1.82) is 0 Å². The standard InChI is InChI=1S/C20H14ClF3N4OS.C6H13N/c1-25-19-27-18(29)17(30-19)7-11-2-5-16-13(6-11)9-26-28(16)10-12-3-4-14(21)8-15(12)20(22,23)24;1-6-3-2-4-7-5-6/h2-9H,10H2,1H3,(H,25,27,29);6-7H,2-5H2,1H3/b17-7-;. The van der Waals surface area contributed by atoms with E-state index in [-0.39, 0.29) is 23.0 Å². The van der Waals surface area contributed by atoms with Gasteiger partial charge in [-0.15, -0.1) is 0 Å². The van der Waals surface area contributed by atoms with Gasteiger partial charge in [-0.1, -0.05) is 30.7 Å². The van der Waals surface area contributed by atoms with Crippen LogP contribution in [0.2, 0.25) is 5.02 Å². The lowest BCUT2D eigenvalue weighted by Gasteiger charge is -2.17. The second kappa shape index (κ2) is 11.7. The maximum atomic E-state index is 13.4. The van der Waals surface area contributed by atoms with Crippen molar-refractivity contribution in [3.63, 3.8) is 0 Å². The molecule has 196 valence electrons. The zero-order valence-corrected chi connectivity index (χ0v) is 22.0. The number of fused-ring (bicyclic) bond motifs is 1. The number of alkyl halides is 3. The fraction of sp³-hybridized carbons (Fsp3) is 0.346. The van der Waals surface area contributed by atoms with E-state index in [1.807, 2.05) is 6.07 Å². The number of carbonyl (C=O) groups is 1. The van der Waals surface area contributed by atoms with Crippen molar-refractivity contribution >= 4 is 51.4 Å². The van der Waals surface area contributed by atoms with Crippen LogP contribution < -0.4 is 10.6 Å². The Morgan fingerprint density at radius 3 is 2.70 bits per heavy atom. The summed E-state index contributed by atoms with van der Waals surface area (Å²) in [4.78, 5) is 16.4. The molecule has 5 rings (SSSR count). The Balaban J connectivity index is 0.000000396. The quantitative estimate of drug-likeness (QED) is 0.396. The molecule has 6 nitrogen and oxygen atoms in total. The highest BCUT2D eigenvalue weighted by molar-refractivity contribution is 8.18. The van der Waals surface area contributed by atoms with E-state index in [2.05, 4.69) is 27.6 Å². The van der Waals surface area contributed by atoms with E-state index in [0.29, 0.717) is 15.6 Å². The molecule has 2 aliphatic rings. The van der Waals surface area contributed by atoms with Crippen molar-refractivity contribution in [1.82, 2.24) is 20.4 Å². The summed E-state index contributed by atoms with van der Waals surface area (Å²) in [5.41, 5.74) is 0.755. The van der Waals surface area contributed by atoms with E-state index in [9.17, 15) is 18.0 Å². The fourth-order valence-corrected chi connectivity index (χ4v) is 5.10. The molecule has 1 aromatic heterocycles. The SMILES string of the molecule is CC1CCCNC1.CN=C1NC(=O)/C(=C/c2ccc3c(cnn3Cc3ccc(Cl)cc3C(F)(F)F)c2)S1. The number of carbonyl (C=O) groups excluding carboxylic acids is 1. The molecule has 2 saturated heterocycles. The predicted octanol–water partition coefficient (Wildman–Crippen LogP) is 5.95. The van der Waals surface area contributed by atoms with Crippen LogP contribution in [0.3, 0.4) is 0 Å². The Bertz CT molecular complexity index is 1350. The average Bonchev–Trinajstić information content (AvgIpc) is 3.43. The molecule has 2 aromatic carbocycles. The Kier molecular flexibility index (Phi) is 8.61. The summed E-state index contributed by atoms with van der Waals surface area (Å²) < 4.78 is 41.6. The first-order chi connectivity index (χ1) is 17.6. The molecule has 11 heteroatoms. The van der Waals surface area contributed by atoms with Crippen LogP contribution in [0, 0.1) is 5.92 Å². The van der Waals surface area contributed by atoms with Gasteiger partial charge in [0.1, 0.15) is 0 Å². The average molecular weight is 550 g/mol. The largest absolute Gasteiger partial charge is 0.416 e. The number of nitrogens with one attached hydrogen (secondary N) is 2. The number of halogens is 4. The predicted molar refractivity (Wildman–Crippen MR) is 144 cm³/mol. The highest BCUT2D eigenvalue weighted by atomic mass is 35.5. The van der Waals surface area contributed by atoms with Crippen molar-refractivity contribution in [2.75, 3.05) is 20.1 Å². The first kappa shape index (κ1) is 27.2. The smallest absolute Gasteiger partial charge is 0.316 e. The fourth-order valence-electron chi connectivity index (χ4n) is 4.14. The van der Waals surface area contributed by atoms with Gasteiger partial charge in [0.15, 0.2) is 5.17 Å². The Hall–Kier alpha value is -2.82. The number of hydrogen-bond donors (Lipinski definition) is 2. The third-order valence-corrected chi connectivity index (χ3v) is 7.29. The van der Waals surface area contributed by atoms with Gasteiger partial charge < -0.3 is 10.6 Å². The number of rotatable bonds is 3. The van der Waals surface area contributed by atoms with Crippen molar-refractivity contribution < 1.29 is 18.0 Å². The number of amides is 1. The van der Waals surface area contributed by atoms with Gasteiger partial charge in [-0.3, -0.25) is 14.5 Å². The van der Waals surface area contributed by atoms with Crippen LogP contribution in [0.1, 0.15) is 36.5 Å². The minimum absolute atomic E-state index is 0.0270. The number of piperidine rings is 1. The summed E-state index contributed by atoms with van der Waals surface area (Å²) in [6.45, 7) is 4.72. The van der Waals surface area contributed by atoms with Crippen molar-refractivity contribution in [3.05, 3.63) is 69.2 Å². The third-order valence-electron chi connectivity index (χ3n) is 6.06. The molecule has 0 saturated carbocycles. The van der Waals surface area contributed by atoms with Crippen LogP contribution in [-0.2, 0) is 17.5 Å². The molecule has 2 aliphatic heterocycles. The van der Waals surface area contributed by atoms with Crippen LogP contribution in [0.25, 0.3) is 17.0 Å². The summed E-state index contributed by atoms with van der Waals surface area (Å²) in [5, 5.41) is 11.5. The highest BCUT2D eigenvalue weighted by Crippen LogP contribution is 2.34. The lowest BCUT2D eigenvalue weighted by molar-refractivity contribution is -0.138.